The minimum absolute atomic E-state index is 0.223. The molecule has 3 nitrogen and oxygen atoms in total. The maximum absolute atomic E-state index is 5.77. The van der Waals surface area contributed by atoms with E-state index in [0.29, 0.717) is 0 Å². The van der Waals surface area contributed by atoms with Crippen molar-refractivity contribution >= 4 is 11.0 Å². The number of rotatable bonds is 5. The Hall–Kier alpha value is -1.32. The summed E-state index contributed by atoms with van der Waals surface area (Å²) in [5.74, 6) is 0. The van der Waals surface area contributed by atoms with Gasteiger partial charge in [0.15, 0.2) is 0 Å². The molecule has 0 fully saturated rings. The Morgan fingerprint density at radius 3 is 2.88 bits per heavy atom. The molecule has 0 radical (unpaired) electrons. The summed E-state index contributed by atoms with van der Waals surface area (Å²) in [6, 6.07) is 8.39. The first-order valence-electron chi connectivity index (χ1n) is 6.06. The van der Waals surface area contributed by atoms with Gasteiger partial charge in [-0.3, -0.25) is 0 Å². The van der Waals surface area contributed by atoms with Crippen LogP contribution < -0.4 is 5.73 Å². The van der Waals surface area contributed by atoms with Gasteiger partial charge in [-0.2, -0.15) is 0 Å². The first-order chi connectivity index (χ1) is 8.16. The second-order valence-electron chi connectivity index (χ2n) is 4.75. The van der Waals surface area contributed by atoms with E-state index < -0.39 is 0 Å². The van der Waals surface area contributed by atoms with Crippen LogP contribution in [-0.4, -0.2) is 31.1 Å². The van der Waals surface area contributed by atoms with E-state index in [0.717, 1.165) is 25.1 Å². The van der Waals surface area contributed by atoms with Gasteiger partial charge in [-0.25, -0.2) is 0 Å². The summed E-state index contributed by atoms with van der Waals surface area (Å²) in [5, 5.41) is 1.22. The normalized spacial score (nSPS) is 13.4. The number of hydrogen-bond donors (Lipinski definition) is 1. The van der Waals surface area contributed by atoms with Gasteiger partial charge in [0.2, 0.25) is 0 Å². The number of nitrogens with zero attached hydrogens (tertiary/aromatic N) is 1. The van der Waals surface area contributed by atoms with Crippen molar-refractivity contribution in [3.8, 4) is 0 Å². The molecule has 0 amide bonds. The van der Waals surface area contributed by atoms with E-state index in [4.69, 9.17) is 10.2 Å². The van der Waals surface area contributed by atoms with Gasteiger partial charge < -0.3 is 15.1 Å². The Morgan fingerprint density at radius 1 is 1.35 bits per heavy atom. The van der Waals surface area contributed by atoms with E-state index in [1.54, 1.807) is 0 Å². The maximum atomic E-state index is 5.77. The highest BCUT2D eigenvalue weighted by Crippen LogP contribution is 2.21. The van der Waals surface area contributed by atoms with Crippen molar-refractivity contribution in [1.82, 2.24) is 4.90 Å². The van der Waals surface area contributed by atoms with Crippen LogP contribution in [0, 0.1) is 0 Å². The fourth-order valence-corrected chi connectivity index (χ4v) is 2.12. The van der Waals surface area contributed by atoms with E-state index in [-0.39, 0.29) is 6.04 Å². The van der Waals surface area contributed by atoms with Gasteiger partial charge in [0, 0.05) is 24.5 Å². The molecule has 92 valence electrons. The molecule has 0 spiro atoms. The summed E-state index contributed by atoms with van der Waals surface area (Å²) in [4.78, 5) is 2.26. The monoisotopic (exact) mass is 232 g/mol. The van der Waals surface area contributed by atoms with E-state index in [1.165, 1.54) is 10.9 Å². The number of hydrogen-bond acceptors (Lipinski definition) is 3. The summed E-state index contributed by atoms with van der Waals surface area (Å²) in [5.41, 5.74) is 8.02. The highest BCUT2D eigenvalue weighted by Gasteiger charge is 2.07. The highest BCUT2D eigenvalue weighted by molar-refractivity contribution is 5.80. The summed E-state index contributed by atoms with van der Waals surface area (Å²) in [7, 11) is 2.10. The van der Waals surface area contributed by atoms with Crippen molar-refractivity contribution in [2.24, 2.45) is 5.73 Å². The van der Waals surface area contributed by atoms with Crippen LogP contribution in [0.4, 0.5) is 0 Å². The number of nitrogens with two attached hydrogens (primary N) is 1. The smallest absolute Gasteiger partial charge is 0.134 e. The van der Waals surface area contributed by atoms with Crippen LogP contribution >= 0.6 is 0 Å². The Labute approximate surface area is 102 Å². The lowest BCUT2D eigenvalue weighted by Gasteiger charge is -2.18. The summed E-state index contributed by atoms with van der Waals surface area (Å²) in [6.45, 7) is 3.96. The van der Waals surface area contributed by atoms with Gasteiger partial charge in [-0.15, -0.1) is 0 Å². The molecular formula is C14H20N2O. The fourth-order valence-electron chi connectivity index (χ4n) is 2.12. The Balaban J connectivity index is 1.99. The van der Waals surface area contributed by atoms with Crippen molar-refractivity contribution in [1.29, 1.82) is 0 Å². The van der Waals surface area contributed by atoms with Crippen molar-refractivity contribution in [3.63, 3.8) is 0 Å². The van der Waals surface area contributed by atoms with Crippen LogP contribution in [-0.2, 0) is 6.42 Å². The third kappa shape index (κ3) is 3.08. The molecule has 1 heterocycles. The van der Waals surface area contributed by atoms with Crippen LogP contribution in [0.25, 0.3) is 11.0 Å². The Bertz CT molecular complexity index is 476. The van der Waals surface area contributed by atoms with Gasteiger partial charge >= 0.3 is 0 Å². The maximum Gasteiger partial charge on any atom is 0.134 e. The lowest BCUT2D eigenvalue weighted by atomic mass is 10.1. The molecule has 1 aromatic heterocycles. The summed E-state index contributed by atoms with van der Waals surface area (Å²) >= 11 is 0. The fraction of sp³-hybridized carbons (Fsp3) is 0.429. The van der Waals surface area contributed by atoms with Crippen LogP contribution in [0.1, 0.15) is 12.5 Å². The van der Waals surface area contributed by atoms with Crippen molar-refractivity contribution in [2.75, 3.05) is 20.1 Å². The van der Waals surface area contributed by atoms with Gasteiger partial charge in [-0.05, 0) is 32.0 Å². The lowest BCUT2D eigenvalue weighted by molar-refractivity contribution is 0.321. The molecule has 2 rings (SSSR count). The van der Waals surface area contributed by atoms with Crippen molar-refractivity contribution in [2.45, 2.75) is 19.4 Å². The van der Waals surface area contributed by atoms with Crippen LogP contribution in [0.15, 0.2) is 34.9 Å². The average Bonchev–Trinajstić information content (AvgIpc) is 2.69. The number of furan rings is 1. The molecule has 1 atom stereocenters. The van der Waals surface area contributed by atoms with Gasteiger partial charge in [0.1, 0.15) is 5.58 Å². The third-order valence-corrected chi connectivity index (χ3v) is 2.92. The molecule has 2 aromatic rings. The standard InChI is InChI=1S/C14H20N2O/c1-11(15)9-16(2)8-7-12-10-17-14-6-4-3-5-13(12)14/h3-6,10-11H,7-9,15H2,1-2H3. The molecule has 1 aromatic carbocycles. The minimum Gasteiger partial charge on any atom is -0.464 e. The SMILES string of the molecule is CC(N)CN(C)CCc1coc2ccccc12. The minimum atomic E-state index is 0.223. The molecule has 2 N–H and O–H groups in total. The zero-order valence-corrected chi connectivity index (χ0v) is 10.5. The predicted octanol–water partition coefficient (Wildman–Crippen LogP) is 2.25. The van der Waals surface area contributed by atoms with Gasteiger partial charge in [0.25, 0.3) is 0 Å². The Morgan fingerprint density at radius 2 is 2.12 bits per heavy atom. The molecule has 17 heavy (non-hydrogen) atoms. The molecular weight excluding hydrogens is 212 g/mol. The van der Waals surface area contributed by atoms with Crippen LogP contribution in [0.3, 0.4) is 0 Å². The van der Waals surface area contributed by atoms with Gasteiger partial charge in [0.05, 0.1) is 6.26 Å². The summed E-state index contributed by atoms with van der Waals surface area (Å²) < 4.78 is 5.52. The summed E-state index contributed by atoms with van der Waals surface area (Å²) in [6.07, 6.45) is 2.87. The quantitative estimate of drug-likeness (QED) is 0.859. The number of likely N-dealkylation sites (N-methyl/N-ethyl adjacent to an activating group) is 1. The molecule has 0 aliphatic carbocycles. The van der Waals surface area contributed by atoms with E-state index >= 15 is 0 Å². The molecule has 0 saturated heterocycles. The second-order valence-corrected chi connectivity index (χ2v) is 4.75. The van der Waals surface area contributed by atoms with Crippen molar-refractivity contribution in [3.05, 3.63) is 36.1 Å². The highest BCUT2D eigenvalue weighted by atomic mass is 16.3. The second kappa shape index (κ2) is 5.34. The number of para-hydroxylation sites is 1. The van der Waals surface area contributed by atoms with E-state index in [9.17, 15) is 0 Å². The molecule has 0 aliphatic rings. The van der Waals surface area contributed by atoms with E-state index in [2.05, 4.69) is 18.0 Å². The molecule has 0 saturated carbocycles. The number of fused-ring (bicyclic) bond motifs is 1. The first-order valence-corrected chi connectivity index (χ1v) is 6.06. The lowest BCUT2D eigenvalue weighted by Crippen LogP contribution is -2.34. The van der Waals surface area contributed by atoms with Crippen molar-refractivity contribution < 1.29 is 4.42 Å². The van der Waals surface area contributed by atoms with Crippen LogP contribution in [0.2, 0.25) is 0 Å². The first kappa shape index (κ1) is 12.1. The molecule has 3 heteroatoms. The largest absolute Gasteiger partial charge is 0.464 e. The van der Waals surface area contributed by atoms with Gasteiger partial charge in [-0.1, -0.05) is 18.2 Å². The molecule has 0 aliphatic heterocycles. The Kier molecular flexibility index (Phi) is 3.82. The third-order valence-electron chi connectivity index (χ3n) is 2.92. The van der Waals surface area contributed by atoms with Crippen LogP contribution in [0.5, 0.6) is 0 Å². The average molecular weight is 232 g/mol. The molecule has 1 unspecified atom stereocenters. The van der Waals surface area contributed by atoms with E-state index in [1.807, 2.05) is 31.4 Å². The zero-order valence-electron chi connectivity index (χ0n) is 10.5. The zero-order chi connectivity index (χ0) is 12.3. The number of benzene rings is 1. The molecule has 0 bridgehead atoms. The topological polar surface area (TPSA) is 42.4 Å². The predicted molar refractivity (Wildman–Crippen MR) is 71.1 cm³/mol.